The molecule has 1 aromatic heterocycles. The molecule has 84 valence electrons. The largest absolute Gasteiger partial charge is 0.238 e. The lowest BCUT2D eigenvalue weighted by Gasteiger charge is -2.09. The molecule has 2 heteroatoms. The van der Waals surface area contributed by atoms with Gasteiger partial charge in [0.15, 0.2) is 0 Å². The van der Waals surface area contributed by atoms with Crippen LogP contribution in [0.5, 0.6) is 0 Å². The topological polar surface area (TPSA) is 25.8 Å². The zero-order valence-corrected chi connectivity index (χ0v) is 10.3. The molecule has 2 aromatic carbocycles. The summed E-state index contributed by atoms with van der Waals surface area (Å²) in [6, 6.07) is 10.6. The molecular weight excluding hydrogens is 208 g/mol. The van der Waals surface area contributed by atoms with Gasteiger partial charge in [0.1, 0.15) is 5.82 Å². The summed E-state index contributed by atoms with van der Waals surface area (Å²) in [6.45, 7) is 6.13. The first-order valence-electron chi connectivity index (χ1n) is 5.80. The molecule has 2 nitrogen and oxygen atoms in total. The normalized spacial score (nSPS) is 11.2. The molecular formula is C15H14N2. The molecule has 3 rings (SSSR count). The first-order valence-corrected chi connectivity index (χ1v) is 5.80. The van der Waals surface area contributed by atoms with E-state index in [-0.39, 0.29) is 0 Å². The van der Waals surface area contributed by atoms with Crippen LogP contribution in [0.1, 0.15) is 17.1 Å². The van der Waals surface area contributed by atoms with Crippen molar-refractivity contribution in [2.24, 2.45) is 0 Å². The third-order valence-electron chi connectivity index (χ3n) is 3.20. The number of rotatable bonds is 0. The van der Waals surface area contributed by atoms with Crippen molar-refractivity contribution < 1.29 is 0 Å². The second-order valence-corrected chi connectivity index (χ2v) is 4.49. The molecule has 0 saturated carbocycles. The molecule has 0 atom stereocenters. The van der Waals surface area contributed by atoms with Gasteiger partial charge in [-0.15, -0.1) is 0 Å². The zero-order chi connectivity index (χ0) is 12.0. The summed E-state index contributed by atoms with van der Waals surface area (Å²) in [5, 5.41) is 3.72. The summed E-state index contributed by atoms with van der Waals surface area (Å²) in [5.41, 5.74) is 3.38. The minimum absolute atomic E-state index is 0.838. The van der Waals surface area contributed by atoms with E-state index in [1.165, 1.54) is 21.7 Å². The Morgan fingerprint density at radius 1 is 0.882 bits per heavy atom. The minimum Gasteiger partial charge on any atom is -0.238 e. The fourth-order valence-electron chi connectivity index (χ4n) is 2.50. The predicted molar refractivity (Wildman–Crippen MR) is 71.3 cm³/mol. The van der Waals surface area contributed by atoms with E-state index in [2.05, 4.69) is 54.1 Å². The van der Waals surface area contributed by atoms with Crippen LogP contribution in [0.25, 0.3) is 21.7 Å². The number of aromatic nitrogens is 2. The number of hydrogen-bond acceptors (Lipinski definition) is 2. The third-order valence-corrected chi connectivity index (χ3v) is 3.20. The number of fused-ring (bicyclic) bond motifs is 3. The Hall–Kier alpha value is -1.96. The second-order valence-electron chi connectivity index (χ2n) is 4.49. The Bertz CT molecular complexity index is 730. The summed E-state index contributed by atoms with van der Waals surface area (Å²) >= 11 is 0. The summed E-state index contributed by atoms with van der Waals surface area (Å²) in [4.78, 5) is 9.01. The molecule has 0 fully saturated rings. The maximum Gasteiger partial charge on any atom is 0.126 e. The van der Waals surface area contributed by atoms with Crippen molar-refractivity contribution in [3.63, 3.8) is 0 Å². The molecule has 0 spiro atoms. The van der Waals surface area contributed by atoms with Gasteiger partial charge in [-0.25, -0.2) is 9.97 Å². The Kier molecular flexibility index (Phi) is 2.11. The van der Waals surface area contributed by atoms with Crippen LogP contribution in [0.3, 0.4) is 0 Å². The van der Waals surface area contributed by atoms with E-state index in [9.17, 15) is 0 Å². The molecule has 0 aliphatic rings. The van der Waals surface area contributed by atoms with Crippen molar-refractivity contribution in [3.8, 4) is 0 Å². The SMILES string of the molecule is Cc1nc(C)c2c(cc(C)c3ccccc32)n1. The van der Waals surface area contributed by atoms with Gasteiger partial charge in [0.2, 0.25) is 0 Å². The van der Waals surface area contributed by atoms with Crippen LogP contribution in [0.4, 0.5) is 0 Å². The summed E-state index contributed by atoms with van der Waals surface area (Å²) < 4.78 is 0. The lowest BCUT2D eigenvalue weighted by molar-refractivity contribution is 1.05. The highest BCUT2D eigenvalue weighted by atomic mass is 14.9. The van der Waals surface area contributed by atoms with Crippen molar-refractivity contribution in [2.45, 2.75) is 20.8 Å². The average Bonchev–Trinajstić information content (AvgIpc) is 2.28. The van der Waals surface area contributed by atoms with E-state index in [0.717, 1.165) is 17.0 Å². The molecule has 0 bridgehead atoms. The van der Waals surface area contributed by atoms with E-state index in [4.69, 9.17) is 0 Å². The van der Waals surface area contributed by atoms with Crippen molar-refractivity contribution in [1.29, 1.82) is 0 Å². The van der Waals surface area contributed by atoms with Gasteiger partial charge in [-0.05, 0) is 43.2 Å². The molecule has 0 N–H and O–H groups in total. The standard InChI is InChI=1S/C15H14N2/c1-9-8-14-15(10(2)16-11(3)17-14)13-7-5-4-6-12(9)13/h4-8H,1-3H3. The van der Waals surface area contributed by atoms with Crippen LogP contribution in [0.2, 0.25) is 0 Å². The van der Waals surface area contributed by atoms with Crippen LogP contribution in [0.15, 0.2) is 30.3 Å². The van der Waals surface area contributed by atoms with Crippen molar-refractivity contribution >= 4 is 21.7 Å². The first kappa shape index (κ1) is 10.2. The van der Waals surface area contributed by atoms with Gasteiger partial charge >= 0.3 is 0 Å². The van der Waals surface area contributed by atoms with Gasteiger partial charge in [0, 0.05) is 11.1 Å². The van der Waals surface area contributed by atoms with E-state index >= 15 is 0 Å². The molecule has 1 heterocycles. The van der Waals surface area contributed by atoms with Gasteiger partial charge in [0.05, 0.1) is 5.52 Å². The molecule has 0 aliphatic carbocycles. The Balaban J connectivity index is 2.63. The monoisotopic (exact) mass is 222 g/mol. The highest BCUT2D eigenvalue weighted by molar-refractivity contribution is 6.08. The van der Waals surface area contributed by atoms with Gasteiger partial charge < -0.3 is 0 Å². The Morgan fingerprint density at radius 3 is 2.35 bits per heavy atom. The number of nitrogens with zero attached hydrogens (tertiary/aromatic N) is 2. The second kappa shape index (κ2) is 3.52. The highest BCUT2D eigenvalue weighted by Crippen LogP contribution is 2.28. The van der Waals surface area contributed by atoms with Crippen LogP contribution >= 0.6 is 0 Å². The highest BCUT2D eigenvalue weighted by Gasteiger charge is 2.08. The molecule has 0 radical (unpaired) electrons. The Morgan fingerprint density at radius 2 is 1.59 bits per heavy atom. The van der Waals surface area contributed by atoms with Gasteiger partial charge in [-0.2, -0.15) is 0 Å². The van der Waals surface area contributed by atoms with Crippen LogP contribution in [0, 0.1) is 20.8 Å². The smallest absolute Gasteiger partial charge is 0.126 e. The van der Waals surface area contributed by atoms with Crippen LogP contribution in [-0.2, 0) is 0 Å². The quantitative estimate of drug-likeness (QED) is 0.542. The summed E-state index contributed by atoms with van der Waals surface area (Å²) in [6.07, 6.45) is 0. The van der Waals surface area contributed by atoms with Crippen molar-refractivity contribution in [2.75, 3.05) is 0 Å². The third kappa shape index (κ3) is 1.48. The molecule has 0 aliphatic heterocycles. The van der Waals surface area contributed by atoms with E-state index in [0.29, 0.717) is 0 Å². The zero-order valence-electron chi connectivity index (χ0n) is 10.3. The van der Waals surface area contributed by atoms with E-state index in [1.54, 1.807) is 0 Å². The summed E-state index contributed by atoms with van der Waals surface area (Å²) in [5.74, 6) is 0.838. The first-order chi connectivity index (χ1) is 8.16. The summed E-state index contributed by atoms with van der Waals surface area (Å²) in [7, 11) is 0. The maximum absolute atomic E-state index is 4.54. The number of hydrogen-bond donors (Lipinski definition) is 0. The van der Waals surface area contributed by atoms with Crippen LogP contribution < -0.4 is 0 Å². The molecule has 0 amide bonds. The molecule has 0 saturated heterocycles. The predicted octanol–water partition coefficient (Wildman–Crippen LogP) is 3.71. The lowest BCUT2D eigenvalue weighted by atomic mass is 10.00. The van der Waals surface area contributed by atoms with Crippen molar-refractivity contribution in [1.82, 2.24) is 9.97 Å². The minimum atomic E-state index is 0.838. The molecule has 0 unspecified atom stereocenters. The van der Waals surface area contributed by atoms with E-state index < -0.39 is 0 Å². The van der Waals surface area contributed by atoms with Gasteiger partial charge in [-0.1, -0.05) is 24.3 Å². The molecule has 3 aromatic rings. The molecule has 17 heavy (non-hydrogen) atoms. The van der Waals surface area contributed by atoms with E-state index in [1.807, 2.05) is 6.92 Å². The lowest BCUT2D eigenvalue weighted by Crippen LogP contribution is -1.95. The van der Waals surface area contributed by atoms with Gasteiger partial charge in [-0.3, -0.25) is 0 Å². The average molecular weight is 222 g/mol. The number of aryl methyl sites for hydroxylation is 3. The van der Waals surface area contributed by atoms with Crippen molar-refractivity contribution in [3.05, 3.63) is 47.4 Å². The fraction of sp³-hybridized carbons (Fsp3) is 0.200. The fourth-order valence-corrected chi connectivity index (χ4v) is 2.50. The Labute approximate surface area is 100 Å². The maximum atomic E-state index is 4.54. The van der Waals surface area contributed by atoms with Crippen LogP contribution in [-0.4, -0.2) is 9.97 Å². The number of benzene rings is 2. The van der Waals surface area contributed by atoms with Gasteiger partial charge in [0.25, 0.3) is 0 Å².